The summed E-state index contributed by atoms with van der Waals surface area (Å²) in [6.07, 6.45) is 3.04. The van der Waals surface area contributed by atoms with E-state index in [9.17, 15) is 4.79 Å². The quantitative estimate of drug-likeness (QED) is 0.397. The highest BCUT2D eigenvalue weighted by Crippen LogP contribution is 2.65. The molecule has 0 bridgehead atoms. The predicted octanol–water partition coefficient (Wildman–Crippen LogP) is 5.33. The van der Waals surface area contributed by atoms with Crippen LogP contribution in [0, 0.1) is 0 Å². The summed E-state index contributed by atoms with van der Waals surface area (Å²) in [5.74, 6) is 0.318. The minimum Gasteiger partial charge on any atom is -0.379 e. The van der Waals surface area contributed by atoms with E-state index in [-0.39, 0.29) is 11.8 Å². The molecule has 0 unspecified atom stereocenters. The van der Waals surface area contributed by atoms with Gasteiger partial charge in [-0.15, -0.1) is 0 Å². The zero-order valence-electron chi connectivity index (χ0n) is 21.0. The summed E-state index contributed by atoms with van der Waals surface area (Å²) in [4.78, 5) is 15.3. The Morgan fingerprint density at radius 3 is 2.76 bits per heavy atom. The van der Waals surface area contributed by atoms with E-state index in [4.69, 9.17) is 4.74 Å². The highest BCUT2D eigenvalue weighted by Gasteiger charge is 2.65. The Hall–Kier alpha value is -3.74. The van der Waals surface area contributed by atoms with Crippen molar-refractivity contribution in [2.24, 2.45) is 0 Å². The van der Waals surface area contributed by atoms with E-state index in [0.29, 0.717) is 0 Å². The van der Waals surface area contributed by atoms with Crippen LogP contribution in [-0.4, -0.2) is 47.3 Å². The second kappa shape index (κ2) is 8.68. The fraction of sp³-hybridized carbons (Fsp3) is 0.290. The van der Waals surface area contributed by atoms with Crippen LogP contribution in [-0.2, 0) is 21.5 Å². The van der Waals surface area contributed by atoms with Gasteiger partial charge < -0.3 is 10.1 Å². The van der Waals surface area contributed by atoms with E-state index in [1.807, 2.05) is 18.2 Å². The van der Waals surface area contributed by atoms with Crippen molar-refractivity contribution in [3.8, 4) is 0 Å². The SMILES string of the molecule is CC(=Cc1ccc(CN2CCOCC2)cc1)c1n[nH]c2cc([C@@H]3C[C@@]34C(=O)Nc3ccccc34)ccc12. The first-order chi connectivity index (χ1) is 18.1. The summed E-state index contributed by atoms with van der Waals surface area (Å²) < 4.78 is 5.45. The molecule has 6 heteroatoms. The number of rotatable bonds is 5. The molecule has 1 saturated carbocycles. The first-order valence-electron chi connectivity index (χ1n) is 13.1. The van der Waals surface area contributed by atoms with Crippen LogP contribution in [0.15, 0.2) is 66.7 Å². The highest BCUT2D eigenvalue weighted by atomic mass is 16.5. The van der Waals surface area contributed by atoms with Gasteiger partial charge in [0.05, 0.1) is 29.8 Å². The number of carbonyl (C=O) groups excluding carboxylic acids is 1. The molecule has 1 aliphatic carbocycles. The predicted molar refractivity (Wildman–Crippen MR) is 146 cm³/mol. The molecule has 1 aromatic heterocycles. The fourth-order valence-corrected chi connectivity index (χ4v) is 6.16. The van der Waals surface area contributed by atoms with Crippen LogP contribution in [0.2, 0.25) is 0 Å². The molecule has 186 valence electrons. The van der Waals surface area contributed by atoms with Gasteiger partial charge in [-0.25, -0.2) is 0 Å². The van der Waals surface area contributed by atoms with Crippen molar-refractivity contribution in [2.75, 3.05) is 31.6 Å². The van der Waals surface area contributed by atoms with Gasteiger partial charge in [-0.05, 0) is 59.4 Å². The van der Waals surface area contributed by atoms with Crippen LogP contribution in [0.25, 0.3) is 22.6 Å². The monoisotopic (exact) mass is 490 g/mol. The Bertz CT molecular complexity index is 1530. The van der Waals surface area contributed by atoms with Crippen molar-refractivity contribution in [3.05, 3.63) is 94.7 Å². The molecule has 2 N–H and O–H groups in total. The lowest BCUT2D eigenvalue weighted by Gasteiger charge is -2.26. The lowest BCUT2D eigenvalue weighted by molar-refractivity contribution is -0.118. The second-order valence-corrected chi connectivity index (χ2v) is 10.6. The normalized spacial score (nSPS) is 23.4. The third-order valence-electron chi connectivity index (χ3n) is 8.26. The summed E-state index contributed by atoms with van der Waals surface area (Å²) in [5.41, 5.74) is 8.44. The summed E-state index contributed by atoms with van der Waals surface area (Å²) in [6, 6.07) is 23.4. The molecule has 7 rings (SSSR count). The molecule has 1 spiro atoms. The molecule has 6 nitrogen and oxygen atoms in total. The van der Waals surface area contributed by atoms with E-state index in [2.05, 4.69) is 81.9 Å². The summed E-state index contributed by atoms with van der Waals surface area (Å²) in [5, 5.41) is 12.1. The second-order valence-electron chi connectivity index (χ2n) is 10.6. The van der Waals surface area contributed by atoms with Gasteiger partial charge in [0.2, 0.25) is 5.91 Å². The number of allylic oxidation sites excluding steroid dienone is 1. The maximum absolute atomic E-state index is 12.9. The van der Waals surface area contributed by atoms with E-state index >= 15 is 0 Å². The van der Waals surface area contributed by atoms with E-state index in [1.54, 1.807) is 0 Å². The minimum absolute atomic E-state index is 0.124. The number of nitrogens with zero attached hydrogens (tertiary/aromatic N) is 2. The molecule has 0 radical (unpaired) electrons. The van der Waals surface area contributed by atoms with E-state index in [0.717, 1.165) is 72.7 Å². The van der Waals surface area contributed by atoms with Gasteiger partial charge >= 0.3 is 0 Å². The molecule has 3 aliphatic rings. The van der Waals surface area contributed by atoms with Gasteiger partial charge in [0.25, 0.3) is 0 Å². The zero-order valence-corrected chi connectivity index (χ0v) is 21.0. The van der Waals surface area contributed by atoms with Gasteiger partial charge in [0, 0.05) is 36.6 Å². The Morgan fingerprint density at radius 1 is 1.11 bits per heavy atom. The number of benzene rings is 3. The standard InChI is InChI=1S/C31H30N4O2/c1-20(16-21-6-8-22(9-7-21)19-35-12-14-37-15-13-35)29-24-11-10-23(17-28(24)33-34-29)26-18-31(26)25-4-2-3-5-27(25)32-30(31)36/h2-11,16-17,26H,12-15,18-19H2,1H3,(H,32,36)(H,33,34)/t26-,31-/m0/s1. The van der Waals surface area contributed by atoms with Gasteiger partial charge in [-0.3, -0.25) is 14.8 Å². The van der Waals surface area contributed by atoms with E-state index < -0.39 is 5.41 Å². The summed E-state index contributed by atoms with van der Waals surface area (Å²) in [6.45, 7) is 6.72. The molecule has 3 heterocycles. The Balaban J connectivity index is 1.10. The number of anilines is 1. The van der Waals surface area contributed by atoms with Gasteiger partial charge in [0.15, 0.2) is 0 Å². The van der Waals surface area contributed by atoms with Crippen molar-refractivity contribution >= 4 is 34.1 Å². The summed E-state index contributed by atoms with van der Waals surface area (Å²) >= 11 is 0. The number of morpholine rings is 1. The average molecular weight is 491 g/mol. The molecule has 1 saturated heterocycles. The molecule has 37 heavy (non-hydrogen) atoms. The molecule has 4 aromatic rings. The molecule has 2 aliphatic heterocycles. The molecule has 2 atom stereocenters. The Morgan fingerprint density at radius 2 is 1.92 bits per heavy atom. The highest BCUT2D eigenvalue weighted by molar-refractivity contribution is 6.10. The van der Waals surface area contributed by atoms with Crippen LogP contribution >= 0.6 is 0 Å². The van der Waals surface area contributed by atoms with Gasteiger partial charge in [0.1, 0.15) is 0 Å². The molecule has 2 fully saturated rings. The topological polar surface area (TPSA) is 70.2 Å². The van der Waals surface area contributed by atoms with Crippen LogP contribution in [0.1, 0.15) is 47.2 Å². The number of ether oxygens (including phenoxy) is 1. The number of fused-ring (bicyclic) bond motifs is 3. The molecule has 3 aromatic carbocycles. The smallest absolute Gasteiger partial charge is 0.235 e. The van der Waals surface area contributed by atoms with Crippen LogP contribution in [0.3, 0.4) is 0 Å². The first-order valence-corrected chi connectivity index (χ1v) is 13.1. The van der Waals surface area contributed by atoms with Crippen LogP contribution in [0.4, 0.5) is 5.69 Å². The molecular weight excluding hydrogens is 460 g/mol. The van der Waals surface area contributed by atoms with Gasteiger partial charge in [-0.2, -0.15) is 5.10 Å². The number of para-hydroxylation sites is 1. The molecular formula is C31H30N4O2. The maximum atomic E-state index is 12.9. The number of hydrogen-bond acceptors (Lipinski definition) is 4. The average Bonchev–Trinajstić information content (AvgIpc) is 3.44. The lowest BCUT2D eigenvalue weighted by Crippen LogP contribution is -2.35. The van der Waals surface area contributed by atoms with Gasteiger partial charge in [-0.1, -0.05) is 54.6 Å². The minimum atomic E-state index is -0.420. The Kier molecular flexibility index (Phi) is 5.27. The lowest BCUT2D eigenvalue weighted by atomic mass is 9.91. The number of H-pyrrole nitrogens is 1. The Labute approximate surface area is 216 Å². The third kappa shape index (κ3) is 3.79. The van der Waals surface area contributed by atoms with Crippen molar-refractivity contribution in [1.29, 1.82) is 0 Å². The largest absolute Gasteiger partial charge is 0.379 e. The van der Waals surface area contributed by atoms with Crippen molar-refractivity contribution in [1.82, 2.24) is 15.1 Å². The van der Waals surface area contributed by atoms with Crippen molar-refractivity contribution < 1.29 is 9.53 Å². The number of aromatic nitrogens is 2. The summed E-state index contributed by atoms with van der Waals surface area (Å²) in [7, 11) is 0. The number of carbonyl (C=O) groups is 1. The first kappa shape index (κ1) is 22.5. The van der Waals surface area contributed by atoms with E-state index in [1.165, 1.54) is 16.7 Å². The fourth-order valence-electron chi connectivity index (χ4n) is 6.16. The number of aromatic amines is 1. The number of nitrogens with one attached hydrogen (secondary N) is 2. The van der Waals surface area contributed by atoms with Crippen molar-refractivity contribution in [3.63, 3.8) is 0 Å². The third-order valence-corrected chi connectivity index (χ3v) is 8.26. The zero-order chi connectivity index (χ0) is 25.0. The number of amides is 1. The van der Waals surface area contributed by atoms with Crippen LogP contribution in [0.5, 0.6) is 0 Å². The number of hydrogen-bond donors (Lipinski definition) is 2. The van der Waals surface area contributed by atoms with Crippen molar-refractivity contribution in [2.45, 2.75) is 31.2 Å². The maximum Gasteiger partial charge on any atom is 0.235 e. The van der Waals surface area contributed by atoms with Crippen LogP contribution < -0.4 is 5.32 Å². The molecule has 1 amide bonds.